The quantitative estimate of drug-likeness (QED) is 0.532. The minimum Gasteiger partial charge on any atom is -0.349 e. The van der Waals surface area contributed by atoms with Gasteiger partial charge in [-0.3, -0.25) is 9.78 Å². The molecule has 1 aliphatic carbocycles. The molecule has 0 radical (unpaired) electrons. The first kappa shape index (κ1) is 18.5. The van der Waals surface area contributed by atoms with Crippen molar-refractivity contribution in [2.24, 2.45) is 5.92 Å². The van der Waals surface area contributed by atoms with E-state index in [1.165, 1.54) is 12.8 Å². The zero-order chi connectivity index (χ0) is 20.5. The molecular formula is C24H23N5O. The highest BCUT2D eigenvalue weighted by Crippen LogP contribution is 2.33. The first-order valence-corrected chi connectivity index (χ1v) is 10.3. The predicted molar refractivity (Wildman–Crippen MR) is 116 cm³/mol. The molecule has 30 heavy (non-hydrogen) atoms. The van der Waals surface area contributed by atoms with E-state index in [1.807, 2.05) is 53.2 Å². The summed E-state index contributed by atoms with van der Waals surface area (Å²) < 4.78 is 1.85. The van der Waals surface area contributed by atoms with Gasteiger partial charge in [0.2, 0.25) is 0 Å². The van der Waals surface area contributed by atoms with Crippen molar-refractivity contribution in [1.29, 1.82) is 0 Å². The fourth-order valence-electron chi connectivity index (χ4n) is 3.77. The standard InChI is InChI=1S/C24H23N5O/c1-16(18-7-8-18)27-24(30)20-13-22(19-5-3-2-4-6-19)28-23-21(20)14-26-29(23)15-17-9-11-25-12-10-17/h2-6,9-14,16,18H,7-8,15H2,1H3,(H,27,30). The molecule has 0 saturated heterocycles. The van der Waals surface area contributed by atoms with Crippen molar-refractivity contribution in [3.63, 3.8) is 0 Å². The molecule has 6 nitrogen and oxygen atoms in total. The molecule has 1 saturated carbocycles. The lowest BCUT2D eigenvalue weighted by atomic mass is 10.1. The fourth-order valence-corrected chi connectivity index (χ4v) is 3.77. The topological polar surface area (TPSA) is 72.7 Å². The molecule has 1 aromatic carbocycles. The first-order valence-electron chi connectivity index (χ1n) is 10.3. The van der Waals surface area contributed by atoms with Crippen molar-refractivity contribution >= 4 is 16.9 Å². The van der Waals surface area contributed by atoms with Crippen molar-refractivity contribution in [2.75, 3.05) is 0 Å². The van der Waals surface area contributed by atoms with Crippen LogP contribution in [-0.4, -0.2) is 31.7 Å². The summed E-state index contributed by atoms with van der Waals surface area (Å²) in [5, 5.41) is 8.49. The number of nitrogens with one attached hydrogen (secondary N) is 1. The SMILES string of the molecule is CC(NC(=O)c1cc(-c2ccccc2)nc2c1cnn2Cc1ccncc1)C1CC1. The molecule has 0 aliphatic heterocycles. The number of amides is 1. The van der Waals surface area contributed by atoms with E-state index < -0.39 is 0 Å². The van der Waals surface area contributed by atoms with E-state index in [9.17, 15) is 4.79 Å². The number of pyridine rings is 2. The second-order valence-electron chi connectivity index (χ2n) is 7.92. The van der Waals surface area contributed by atoms with Gasteiger partial charge in [-0.1, -0.05) is 30.3 Å². The van der Waals surface area contributed by atoms with Gasteiger partial charge in [0.05, 0.1) is 29.4 Å². The van der Waals surface area contributed by atoms with E-state index in [-0.39, 0.29) is 11.9 Å². The number of hydrogen-bond donors (Lipinski definition) is 1. The van der Waals surface area contributed by atoms with Crippen molar-refractivity contribution < 1.29 is 4.79 Å². The van der Waals surface area contributed by atoms with Crippen molar-refractivity contribution in [2.45, 2.75) is 32.4 Å². The highest BCUT2D eigenvalue weighted by atomic mass is 16.1. The Labute approximate surface area is 175 Å². The van der Waals surface area contributed by atoms with E-state index in [0.717, 1.165) is 22.2 Å². The Kier molecular flexibility index (Phi) is 4.75. The van der Waals surface area contributed by atoms with Crippen LogP contribution in [0.2, 0.25) is 0 Å². The molecule has 1 fully saturated rings. The van der Waals surface area contributed by atoms with Crippen LogP contribution in [0.1, 0.15) is 35.7 Å². The fraction of sp³-hybridized carbons (Fsp3) is 0.250. The first-order chi connectivity index (χ1) is 14.7. The van der Waals surface area contributed by atoms with Crippen LogP contribution in [0.3, 0.4) is 0 Å². The Morgan fingerprint density at radius 3 is 2.67 bits per heavy atom. The third kappa shape index (κ3) is 3.68. The van der Waals surface area contributed by atoms with Crippen molar-refractivity contribution in [3.05, 3.63) is 78.2 Å². The van der Waals surface area contributed by atoms with Gasteiger partial charge in [-0.15, -0.1) is 0 Å². The van der Waals surface area contributed by atoms with Crippen molar-refractivity contribution in [3.8, 4) is 11.3 Å². The van der Waals surface area contributed by atoms with Gasteiger partial charge < -0.3 is 5.32 Å². The average molecular weight is 397 g/mol. The summed E-state index contributed by atoms with van der Waals surface area (Å²) in [5.74, 6) is 0.525. The van der Waals surface area contributed by atoms with E-state index in [1.54, 1.807) is 18.6 Å². The van der Waals surface area contributed by atoms with E-state index in [0.29, 0.717) is 23.7 Å². The molecule has 0 spiro atoms. The third-order valence-corrected chi connectivity index (χ3v) is 5.69. The van der Waals surface area contributed by atoms with Gasteiger partial charge in [0.25, 0.3) is 5.91 Å². The lowest BCUT2D eigenvalue weighted by Crippen LogP contribution is -2.34. The smallest absolute Gasteiger partial charge is 0.252 e. The summed E-state index contributed by atoms with van der Waals surface area (Å²) in [5.41, 5.74) is 4.14. The van der Waals surface area contributed by atoms with Crippen LogP contribution in [0.25, 0.3) is 22.3 Å². The Morgan fingerprint density at radius 1 is 1.17 bits per heavy atom. The molecule has 3 aromatic heterocycles. The number of hydrogen-bond acceptors (Lipinski definition) is 4. The lowest BCUT2D eigenvalue weighted by molar-refractivity contribution is 0.0937. The molecule has 1 unspecified atom stereocenters. The van der Waals surface area contributed by atoms with E-state index in [4.69, 9.17) is 4.98 Å². The number of benzene rings is 1. The second-order valence-corrected chi connectivity index (χ2v) is 7.92. The normalized spacial score (nSPS) is 14.6. The number of fused-ring (bicyclic) bond motifs is 1. The van der Waals surface area contributed by atoms with Gasteiger partial charge in [-0.05, 0) is 49.4 Å². The van der Waals surface area contributed by atoms with Gasteiger partial charge in [-0.25, -0.2) is 9.67 Å². The molecule has 6 heteroatoms. The van der Waals surface area contributed by atoms with Crippen molar-refractivity contribution in [1.82, 2.24) is 25.1 Å². The van der Waals surface area contributed by atoms with Gasteiger partial charge >= 0.3 is 0 Å². The van der Waals surface area contributed by atoms with Crippen LogP contribution in [0.5, 0.6) is 0 Å². The molecule has 0 bridgehead atoms. The Morgan fingerprint density at radius 2 is 1.93 bits per heavy atom. The predicted octanol–water partition coefficient (Wildman–Crippen LogP) is 4.07. The Hall–Kier alpha value is -3.54. The molecule has 1 N–H and O–H groups in total. The Balaban J connectivity index is 1.59. The maximum atomic E-state index is 13.2. The largest absolute Gasteiger partial charge is 0.349 e. The molecule has 3 heterocycles. The number of carbonyl (C=O) groups is 1. The number of rotatable bonds is 6. The summed E-state index contributed by atoms with van der Waals surface area (Å²) in [6.45, 7) is 2.65. The molecule has 150 valence electrons. The summed E-state index contributed by atoms with van der Waals surface area (Å²) in [6.07, 6.45) is 7.65. The Bertz CT molecular complexity index is 1180. The zero-order valence-corrected chi connectivity index (χ0v) is 16.8. The maximum Gasteiger partial charge on any atom is 0.252 e. The van der Waals surface area contributed by atoms with E-state index >= 15 is 0 Å². The summed E-state index contributed by atoms with van der Waals surface area (Å²) in [6, 6.07) is 15.9. The lowest BCUT2D eigenvalue weighted by Gasteiger charge is -2.14. The number of aromatic nitrogens is 4. The minimum absolute atomic E-state index is 0.0672. The number of carbonyl (C=O) groups excluding carboxylic acids is 1. The van der Waals surface area contributed by atoms with Gasteiger partial charge in [0, 0.05) is 24.0 Å². The monoisotopic (exact) mass is 397 g/mol. The minimum atomic E-state index is -0.0672. The zero-order valence-electron chi connectivity index (χ0n) is 16.8. The van der Waals surface area contributed by atoms with Crippen LogP contribution in [0.4, 0.5) is 0 Å². The maximum absolute atomic E-state index is 13.2. The highest BCUT2D eigenvalue weighted by Gasteiger charge is 2.29. The molecule has 5 rings (SSSR count). The summed E-state index contributed by atoms with van der Waals surface area (Å²) in [4.78, 5) is 22.1. The molecule has 1 amide bonds. The molecule has 1 aliphatic rings. The molecule has 4 aromatic rings. The van der Waals surface area contributed by atoms with Crippen LogP contribution < -0.4 is 5.32 Å². The van der Waals surface area contributed by atoms with Gasteiger partial charge in [0.15, 0.2) is 5.65 Å². The average Bonchev–Trinajstić information content (AvgIpc) is 3.57. The second kappa shape index (κ2) is 7.71. The highest BCUT2D eigenvalue weighted by molar-refractivity contribution is 6.06. The van der Waals surface area contributed by atoms with Crippen LogP contribution in [-0.2, 0) is 6.54 Å². The molecular weight excluding hydrogens is 374 g/mol. The van der Waals surface area contributed by atoms with Gasteiger partial charge in [-0.2, -0.15) is 5.10 Å². The number of nitrogens with zero attached hydrogens (tertiary/aromatic N) is 4. The third-order valence-electron chi connectivity index (χ3n) is 5.69. The van der Waals surface area contributed by atoms with Gasteiger partial charge in [0.1, 0.15) is 0 Å². The van der Waals surface area contributed by atoms with Crippen LogP contribution >= 0.6 is 0 Å². The van der Waals surface area contributed by atoms with Crippen LogP contribution in [0, 0.1) is 5.92 Å². The molecule has 1 atom stereocenters. The van der Waals surface area contributed by atoms with Crippen LogP contribution in [0.15, 0.2) is 67.1 Å². The van der Waals surface area contributed by atoms with E-state index in [2.05, 4.69) is 22.3 Å². The summed E-state index contributed by atoms with van der Waals surface area (Å²) >= 11 is 0. The summed E-state index contributed by atoms with van der Waals surface area (Å²) in [7, 11) is 0.